The number of likely N-dealkylation sites (tertiary alicyclic amines) is 1. The van der Waals surface area contributed by atoms with Crippen LogP contribution >= 0.6 is 0 Å². The molecule has 0 saturated carbocycles. The standard InChI is InChI=1S/C18H19N7O/c1-19-16-11-21-10-14(23-16)15-3-2-7-25(15)18(26)13-4-5-17(22-9-13)24-8-6-20-12-24/h4-6,8-12,15H,2-3,7H2,1H3,(H,19,23)/t15-/m1/s1. The second-order valence-corrected chi connectivity index (χ2v) is 6.11. The van der Waals surface area contributed by atoms with Gasteiger partial charge in [0.15, 0.2) is 0 Å². The minimum atomic E-state index is -0.0587. The van der Waals surface area contributed by atoms with Crippen molar-refractivity contribution in [1.82, 2.24) is 29.4 Å². The summed E-state index contributed by atoms with van der Waals surface area (Å²) in [4.78, 5) is 32.0. The van der Waals surface area contributed by atoms with Crippen LogP contribution in [-0.2, 0) is 0 Å². The van der Waals surface area contributed by atoms with E-state index in [-0.39, 0.29) is 11.9 Å². The molecule has 0 radical (unpaired) electrons. The van der Waals surface area contributed by atoms with Gasteiger partial charge < -0.3 is 10.2 Å². The number of amides is 1. The highest BCUT2D eigenvalue weighted by molar-refractivity contribution is 5.94. The molecule has 26 heavy (non-hydrogen) atoms. The molecule has 1 atom stereocenters. The number of rotatable bonds is 4. The highest BCUT2D eigenvalue weighted by Crippen LogP contribution is 2.32. The number of carbonyl (C=O) groups is 1. The Hall–Kier alpha value is -3.29. The van der Waals surface area contributed by atoms with E-state index in [9.17, 15) is 4.79 Å². The van der Waals surface area contributed by atoms with E-state index in [1.807, 2.05) is 17.2 Å². The number of hydrogen-bond donors (Lipinski definition) is 1. The predicted molar refractivity (Wildman–Crippen MR) is 95.9 cm³/mol. The van der Waals surface area contributed by atoms with E-state index in [4.69, 9.17) is 0 Å². The van der Waals surface area contributed by atoms with Crippen LogP contribution < -0.4 is 5.32 Å². The summed E-state index contributed by atoms with van der Waals surface area (Å²) in [6.07, 6.45) is 12.0. The average Bonchev–Trinajstić information content (AvgIpc) is 3.39. The average molecular weight is 349 g/mol. The molecular weight excluding hydrogens is 330 g/mol. The molecule has 3 aromatic heterocycles. The fourth-order valence-corrected chi connectivity index (χ4v) is 3.21. The lowest BCUT2D eigenvalue weighted by Gasteiger charge is -2.24. The molecule has 1 fully saturated rings. The molecular formula is C18H19N7O. The molecule has 4 heterocycles. The number of pyridine rings is 1. The van der Waals surface area contributed by atoms with E-state index in [2.05, 4.69) is 25.3 Å². The van der Waals surface area contributed by atoms with Gasteiger partial charge in [0.25, 0.3) is 5.91 Å². The van der Waals surface area contributed by atoms with Crippen molar-refractivity contribution in [2.24, 2.45) is 0 Å². The van der Waals surface area contributed by atoms with Crippen LogP contribution in [0.4, 0.5) is 5.82 Å². The van der Waals surface area contributed by atoms with Gasteiger partial charge >= 0.3 is 0 Å². The molecule has 1 amide bonds. The van der Waals surface area contributed by atoms with Gasteiger partial charge in [-0.3, -0.25) is 14.3 Å². The summed E-state index contributed by atoms with van der Waals surface area (Å²) in [6, 6.07) is 3.56. The van der Waals surface area contributed by atoms with Crippen molar-refractivity contribution < 1.29 is 4.79 Å². The molecule has 1 N–H and O–H groups in total. The van der Waals surface area contributed by atoms with Crippen molar-refractivity contribution in [2.45, 2.75) is 18.9 Å². The Morgan fingerprint density at radius 1 is 1.23 bits per heavy atom. The summed E-state index contributed by atoms with van der Waals surface area (Å²) in [5.41, 5.74) is 1.38. The van der Waals surface area contributed by atoms with Crippen molar-refractivity contribution in [2.75, 3.05) is 18.9 Å². The SMILES string of the molecule is CNc1cncc([C@H]2CCCN2C(=O)c2ccc(-n3ccnc3)nc2)n1. The Labute approximate surface area is 150 Å². The molecule has 4 rings (SSSR count). The maximum Gasteiger partial charge on any atom is 0.255 e. The summed E-state index contributed by atoms with van der Waals surface area (Å²) < 4.78 is 1.80. The van der Waals surface area contributed by atoms with Crippen LogP contribution in [0, 0.1) is 0 Å². The van der Waals surface area contributed by atoms with Gasteiger partial charge in [-0.2, -0.15) is 0 Å². The van der Waals surface area contributed by atoms with Gasteiger partial charge in [0.05, 0.1) is 29.7 Å². The molecule has 0 aliphatic carbocycles. The van der Waals surface area contributed by atoms with E-state index in [1.165, 1.54) is 0 Å². The molecule has 3 aromatic rings. The zero-order valence-corrected chi connectivity index (χ0v) is 14.4. The van der Waals surface area contributed by atoms with Crippen molar-refractivity contribution >= 4 is 11.7 Å². The Bertz CT molecular complexity index is 892. The molecule has 1 saturated heterocycles. The Morgan fingerprint density at radius 2 is 2.15 bits per heavy atom. The number of carbonyl (C=O) groups excluding carboxylic acids is 1. The lowest BCUT2D eigenvalue weighted by molar-refractivity contribution is 0.0732. The molecule has 132 valence electrons. The minimum Gasteiger partial charge on any atom is -0.372 e. The first kappa shape index (κ1) is 16.2. The summed E-state index contributed by atoms with van der Waals surface area (Å²) in [5.74, 6) is 1.40. The highest BCUT2D eigenvalue weighted by atomic mass is 16.2. The van der Waals surface area contributed by atoms with Crippen LogP contribution in [0.3, 0.4) is 0 Å². The van der Waals surface area contributed by atoms with Crippen LogP contribution in [0.25, 0.3) is 5.82 Å². The van der Waals surface area contributed by atoms with Crippen LogP contribution in [0.2, 0.25) is 0 Å². The van der Waals surface area contributed by atoms with Crippen LogP contribution in [0.15, 0.2) is 49.4 Å². The molecule has 8 nitrogen and oxygen atoms in total. The number of nitrogens with zero attached hydrogens (tertiary/aromatic N) is 6. The Balaban J connectivity index is 1.56. The van der Waals surface area contributed by atoms with E-state index >= 15 is 0 Å². The summed E-state index contributed by atoms with van der Waals surface area (Å²) in [5, 5.41) is 2.99. The van der Waals surface area contributed by atoms with Gasteiger partial charge in [-0.15, -0.1) is 0 Å². The van der Waals surface area contributed by atoms with Gasteiger partial charge in [-0.05, 0) is 25.0 Å². The topological polar surface area (TPSA) is 88.8 Å². The highest BCUT2D eigenvalue weighted by Gasteiger charge is 2.32. The van der Waals surface area contributed by atoms with E-state index in [0.29, 0.717) is 17.9 Å². The van der Waals surface area contributed by atoms with Gasteiger partial charge in [0.1, 0.15) is 18.0 Å². The van der Waals surface area contributed by atoms with Crippen molar-refractivity contribution in [3.8, 4) is 5.82 Å². The fraction of sp³-hybridized carbons (Fsp3) is 0.278. The van der Waals surface area contributed by atoms with Gasteiger partial charge in [0.2, 0.25) is 0 Å². The lowest BCUT2D eigenvalue weighted by atomic mass is 10.1. The van der Waals surface area contributed by atoms with Crippen LogP contribution in [0.1, 0.15) is 34.9 Å². The van der Waals surface area contributed by atoms with Gasteiger partial charge in [-0.25, -0.2) is 15.0 Å². The normalized spacial score (nSPS) is 16.7. The maximum atomic E-state index is 13.0. The number of imidazole rings is 1. The second-order valence-electron chi connectivity index (χ2n) is 6.11. The van der Waals surface area contributed by atoms with Crippen molar-refractivity contribution in [3.05, 3.63) is 60.7 Å². The van der Waals surface area contributed by atoms with Gasteiger partial charge in [0, 0.05) is 32.2 Å². The predicted octanol–water partition coefficient (Wildman–Crippen LogP) is 2.08. The van der Waals surface area contributed by atoms with E-state index in [0.717, 1.165) is 24.4 Å². The van der Waals surface area contributed by atoms with Crippen molar-refractivity contribution in [1.29, 1.82) is 0 Å². The third kappa shape index (κ3) is 3.01. The first-order valence-corrected chi connectivity index (χ1v) is 8.51. The second kappa shape index (κ2) is 6.91. The lowest BCUT2D eigenvalue weighted by Crippen LogP contribution is -2.31. The molecule has 0 spiro atoms. The molecule has 0 unspecified atom stereocenters. The quantitative estimate of drug-likeness (QED) is 0.776. The number of nitrogens with one attached hydrogen (secondary N) is 1. The van der Waals surface area contributed by atoms with Crippen LogP contribution in [0.5, 0.6) is 0 Å². The molecule has 1 aliphatic rings. The number of aromatic nitrogens is 5. The first-order chi connectivity index (χ1) is 12.8. The Kier molecular flexibility index (Phi) is 4.30. The smallest absolute Gasteiger partial charge is 0.255 e. The third-order valence-corrected chi connectivity index (χ3v) is 4.53. The number of anilines is 1. The Morgan fingerprint density at radius 3 is 2.88 bits per heavy atom. The molecule has 8 heteroatoms. The third-order valence-electron chi connectivity index (χ3n) is 4.53. The zero-order valence-electron chi connectivity index (χ0n) is 14.4. The van der Waals surface area contributed by atoms with E-state index in [1.54, 1.807) is 48.8 Å². The van der Waals surface area contributed by atoms with E-state index < -0.39 is 0 Å². The molecule has 1 aliphatic heterocycles. The fourth-order valence-electron chi connectivity index (χ4n) is 3.21. The summed E-state index contributed by atoms with van der Waals surface area (Å²) in [7, 11) is 1.80. The molecule has 0 aromatic carbocycles. The monoisotopic (exact) mass is 349 g/mol. The minimum absolute atomic E-state index is 0.0335. The summed E-state index contributed by atoms with van der Waals surface area (Å²) in [6.45, 7) is 0.707. The van der Waals surface area contributed by atoms with Crippen LogP contribution in [-0.4, -0.2) is 48.9 Å². The van der Waals surface area contributed by atoms with Gasteiger partial charge in [-0.1, -0.05) is 0 Å². The largest absolute Gasteiger partial charge is 0.372 e. The summed E-state index contributed by atoms with van der Waals surface area (Å²) >= 11 is 0. The zero-order chi connectivity index (χ0) is 17.9. The van der Waals surface area contributed by atoms with Crippen molar-refractivity contribution in [3.63, 3.8) is 0 Å². The maximum absolute atomic E-state index is 13.0. The number of hydrogen-bond acceptors (Lipinski definition) is 6. The molecule has 0 bridgehead atoms. The first-order valence-electron chi connectivity index (χ1n) is 8.51.